The number of nitrogens with zero attached hydrogens (tertiary/aromatic N) is 3. The average molecular weight is 378 g/mol. The van der Waals surface area contributed by atoms with Crippen molar-refractivity contribution < 1.29 is 14.1 Å². The smallest absolute Gasteiger partial charge is 0.259 e. The number of fused-ring (bicyclic) bond motifs is 1. The van der Waals surface area contributed by atoms with Crippen LogP contribution in [0.1, 0.15) is 46.1 Å². The van der Waals surface area contributed by atoms with Crippen LogP contribution in [0, 0.1) is 6.92 Å². The molecule has 1 aliphatic carbocycles. The Morgan fingerprint density at radius 3 is 2.71 bits per heavy atom. The van der Waals surface area contributed by atoms with Gasteiger partial charge in [-0.15, -0.1) is 0 Å². The monoisotopic (exact) mass is 378 g/mol. The van der Waals surface area contributed by atoms with Gasteiger partial charge in [0.1, 0.15) is 0 Å². The molecule has 4 rings (SSSR count). The molecule has 0 radical (unpaired) electrons. The fraction of sp³-hybridized carbons (Fsp3) is 0.333. The number of hydrogen-bond acceptors (Lipinski definition) is 5. The number of carbonyl (C=O) groups is 2. The molecule has 2 amide bonds. The molecular weight excluding hydrogens is 356 g/mol. The molecule has 1 aromatic carbocycles. The maximum absolute atomic E-state index is 12.8. The van der Waals surface area contributed by atoms with E-state index in [0.29, 0.717) is 34.8 Å². The zero-order chi connectivity index (χ0) is 19.7. The van der Waals surface area contributed by atoms with Gasteiger partial charge in [0.25, 0.3) is 11.6 Å². The van der Waals surface area contributed by atoms with Crippen LogP contribution in [0.2, 0.25) is 0 Å². The second kappa shape index (κ2) is 7.42. The first-order chi connectivity index (χ1) is 13.5. The molecule has 2 aromatic heterocycles. The van der Waals surface area contributed by atoms with E-state index in [0.717, 1.165) is 24.1 Å². The number of aromatic nitrogens is 2. The van der Waals surface area contributed by atoms with Gasteiger partial charge in [-0.2, -0.15) is 0 Å². The number of amides is 2. The molecule has 28 heavy (non-hydrogen) atoms. The summed E-state index contributed by atoms with van der Waals surface area (Å²) in [7, 11) is 1.72. The molecule has 0 bridgehead atoms. The average Bonchev–Trinajstić information content (AvgIpc) is 3.49. The summed E-state index contributed by atoms with van der Waals surface area (Å²) in [5, 5.41) is 7.27. The molecule has 1 N–H and O–H groups in total. The van der Waals surface area contributed by atoms with Crippen molar-refractivity contribution >= 4 is 22.9 Å². The summed E-state index contributed by atoms with van der Waals surface area (Å²) < 4.78 is 5.27. The van der Waals surface area contributed by atoms with Crippen LogP contribution in [0.5, 0.6) is 0 Å². The first-order valence-corrected chi connectivity index (χ1v) is 9.36. The van der Waals surface area contributed by atoms with Crippen molar-refractivity contribution in [3.05, 3.63) is 58.9 Å². The van der Waals surface area contributed by atoms with Crippen LogP contribution in [0.3, 0.4) is 0 Å². The van der Waals surface area contributed by atoms with Gasteiger partial charge in [0.05, 0.1) is 23.2 Å². The zero-order valence-electron chi connectivity index (χ0n) is 15.9. The first-order valence-electron chi connectivity index (χ1n) is 9.36. The first kappa shape index (κ1) is 18.2. The third-order valence-electron chi connectivity index (χ3n) is 4.97. The number of nitrogens with one attached hydrogen (secondary N) is 1. The second-order valence-electron chi connectivity index (χ2n) is 7.24. The third kappa shape index (κ3) is 3.74. The molecule has 0 unspecified atom stereocenters. The molecule has 144 valence electrons. The summed E-state index contributed by atoms with van der Waals surface area (Å²) in [6.45, 7) is 2.20. The van der Waals surface area contributed by atoms with Crippen LogP contribution in [0.4, 0.5) is 0 Å². The zero-order valence-corrected chi connectivity index (χ0v) is 15.9. The lowest BCUT2D eigenvalue weighted by molar-refractivity contribution is -0.129. The van der Waals surface area contributed by atoms with Crippen molar-refractivity contribution in [1.82, 2.24) is 20.4 Å². The van der Waals surface area contributed by atoms with Gasteiger partial charge in [0.2, 0.25) is 5.91 Å². The summed E-state index contributed by atoms with van der Waals surface area (Å²) >= 11 is 0. The quantitative estimate of drug-likeness (QED) is 0.713. The van der Waals surface area contributed by atoms with Crippen molar-refractivity contribution in [1.29, 1.82) is 0 Å². The Morgan fingerprint density at radius 1 is 1.25 bits per heavy atom. The van der Waals surface area contributed by atoms with Gasteiger partial charge in [0, 0.05) is 25.2 Å². The Morgan fingerprint density at radius 2 is 2.00 bits per heavy atom. The Labute approximate surface area is 162 Å². The van der Waals surface area contributed by atoms with Crippen molar-refractivity contribution in [2.24, 2.45) is 0 Å². The molecule has 7 nitrogen and oxygen atoms in total. The summed E-state index contributed by atoms with van der Waals surface area (Å²) in [5.41, 5.74) is 3.34. The minimum atomic E-state index is -0.318. The highest BCUT2D eigenvalue weighted by Gasteiger charge is 2.28. The maximum Gasteiger partial charge on any atom is 0.259 e. The second-order valence-corrected chi connectivity index (χ2v) is 7.24. The summed E-state index contributed by atoms with van der Waals surface area (Å²) in [6.07, 6.45) is 2.13. The van der Waals surface area contributed by atoms with Crippen molar-refractivity contribution in [2.75, 3.05) is 13.6 Å². The van der Waals surface area contributed by atoms with E-state index in [9.17, 15) is 9.59 Å². The van der Waals surface area contributed by atoms with E-state index in [2.05, 4.69) is 15.5 Å². The van der Waals surface area contributed by atoms with E-state index >= 15 is 0 Å². The lowest BCUT2D eigenvalue weighted by atomic mass is 10.1. The van der Waals surface area contributed by atoms with Gasteiger partial charge in [-0.1, -0.05) is 35.5 Å². The van der Waals surface area contributed by atoms with Gasteiger partial charge in [-0.05, 0) is 31.4 Å². The minimum Gasteiger partial charge on any atom is -0.343 e. The van der Waals surface area contributed by atoms with Crippen LogP contribution >= 0.6 is 0 Å². The predicted octanol–water partition coefficient (Wildman–Crippen LogP) is 2.80. The summed E-state index contributed by atoms with van der Waals surface area (Å²) in [4.78, 5) is 31.3. The molecule has 0 saturated heterocycles. The predicted molar refractivity (Wildman–Crippen MR) is 104 cm³/mol. The van der Waals surface area contributed by atoms with Crippen LogP contribution in [0.15, 0.2) is 40.9 Å². The maximum atomic E-state index is 12.8. The van der Waals surface area contributed by atoms with E-state index < -0.39 is 0 Å². The molecule has 2 heterocycles. The van der Waals surface area contributed by atoms with Gasteiger partial charge < -0.3 is 14.7 Å². The largest absolute Gasteiger partial charge is 0.343 e. The number of pyridine rings is 1. The normalized spacial score (nSPS) is 13.5. The van der Waals surface area contributed by atoms with Gasteiger partial charge >= 0.3 is 0 Å². The van der Waals surface area contributed by atoms with E-state index in [1.807, 2.05) is 30.3 Å². The van der Waals surface area contributed by atoms with Gasteiger partial charge in [0.15, 0.2) is 0 Å². The lowest BCUT2D eigenvalue weighted by Gasteiger charge is -2.17. The molecule has 0 atom stereocenters. The minimum absolute atomic E-state index is 0.0743. The molecule has 7 heteroatoms. The number of aryl methyl sites for hydroxylation is 1. The Kier molecular flexibility index (Phi) is 4.81. The molecule has 0 aliphatic heterocycles. The van der Waals surface area contributed by atoms with Gasteiger partial charge in [-0.25, -0.2) is 4.98 Å². The van der Waals surface area contributed by atoms with E-state index in [1.165, 1.54) is 0 Å². The van der Waals surface area contributed by atoms with E-state index in [1.54, 1.807) is 24.9 Å². The number of carbonyl (C=O) groups excluding carboxylic acids is 2. The van der Waals surface area contributed by atoms with Crippen molar-refractivity contribution in [2.45, 2.75) is 32.2 Å². The van der Waals surface area contributed by atoms with E-state index in [-0.39, 0.29) is 18.4 Å². The number of benzene rings is 1. The highest BCUT2D eigenvalue weighted by Crippen LogP contribution is 2.40. The fourth-order valence-electron chi connectivity index (χ4n) is 3.21. The molecule has 0 spiro atoms. The van der Waals surface area contributed by atoms with Crippen molar-refractivity contribution in [3.8, 4) is 0 Å². The number of rotatable bonds is 6. The number of hydrogen-bond donors (Lipinski definition) is 1. The van der Waals surface area contributed by atoms with Crippen LogP contribution in [-0.2, 0) is 11.3 Å². The van der Waals surface area contributed by atoms with Crippen LogP contribution in [0.25, 0.3) is 11.1 Å². The highest BCUT2D eigenvalue weighted by molar-refractivity contribution is 6.06. The van der Waals surface area contributed by atoms with Crippen LogP contribution in [-0.4, -0.2) is 40.4 Å². The molecule has 1 saturated carbocycles. The Hall–Kier alpha value is -3.22. The van der Waals surface area contributed by atoms with Crippen molar-refractivity contribution in [3.63, 3.8) is 0 Å². The van der Waals surface area contributed by atoms with Crippen LogP contribution < -0.4 is 5.32 Å². The summed E-state index contributed by atoms with van der Waals surface area (Å²) in [5.74, 6) is -0.103. The SMILES string of the molecule is Cc1noc2nc(C3CC3)cc(C(=O)NCC(=O)N(C)Cc3ccccc3)c12. The highest BCUT2D eigenvalue weighted by atomic mass is 16.5. The Balaban J connectivity index is 1.46. The standard InChI is InChI=1S/C21H22N4O3/c1-13-19-16(10-17(15-8-9-15)23-21(19)28-24-13)20(27)22-11-18(26)25(2)12-14-6-4-3-5-7-14/h3-7,10,15H,8-9,11-12H2,1-2H3,(H,22,27). The van der Waals surface area contributed by atoms with E-state index in [4.69, 9.17) is 4.52 Å². The molecule has 1 aliphatic rings. The topological polar surface area (TPSA) is 88.3 Å². The Bertz CT molecular complexity index is 1020. The third-order valence-corrected chi connectivity index (χ3v) is 4.97. The fourth-order valence-corrected chi connectivity index (χ4v) is 3.21. The molecule has 1 fully saturated rings. The summed E-state index contributed by atoms with van der Waals surface area (Å²) in [6, 6.07) is 11.5. The molecule has 3 aromatic rings. The van der Waals surface area contributed by atoms with Gasteiger partial charge in [-0.3, -0.25) is 9.59 Å². The number of likely N-dealkylation sites (N-methyl/N-ethyl adjacent to an activating group) is 1. The lowest BCUT2D eigenvalue weighted by Crippen LogP contribution is -2.37. The molecular formula is C21H22N4O3.